The molecule has 2 aliphatic heterocycles. The van der Waals surface area contributed by atoms with Crippen LogP contribution >= 0.6 is 0 Å². The Morgan fingerprint density at radius 2 is 2.06 bits per heavy atom. The number of hydrogen-bond donors (Lipinski definition) is 1. The second-order valence-corrected chi connectivity index (χ2v) is 4.05. The van der Waals surface area contributed by atoms with Crippen LogP contribution in [-0.2, 0) is 4.74 Å². The zero-order valence-corrected chi connectivity index (χ0v) is 11.3. The van der Waals surface area contributed by atoms with Gasteiger partial charge >= 0.3 is 0 Å². The Morgan fingerprint density at radius 3 is 2.71 bits per heavy atom. The third kappa shape index (κ3) is 4.77. The summed E-state index contributed by atoms with van der Waals surface area (Å²) in [5.74, 6) is 0.974. The van der Waals surface area contributed by atoms with Gasteiger partial charge < -0.3 is 15.1 Å². The van der Waals surface area contributed by atoms with Crippen molar-refractivity contribution in [2.75, 3.05) is 33.3 Å². The number of allylic oxidation sites excluding steroid dienone is 1. The van der Waals surface area contributed by atoms with Gasteiger partial charge in [0.05, 0.1) is 19.4 Å². The number of hydrazone groups is 1. The summed E-state index contributed by atoms with van der Waals surface area (Å²) in [6.45, 7) is 8.33. The van der Waals surface area contributed by atoms with Crippen molar-refractivity contribution in [3.63, 3.8) is 0 Å². The molecule has 0 amide bonds. The van der Waals surface area contributed by atoms with Gasteiger partial charge in [0.2, 0.25) is 0 Å². The molecule has 1 fully saturated rings. The molecule has 0 aromatic heterocycles. The Morgan fingerprint density at radius 1 is 1.35 bits per heavy atom. The first kappa shape index (κ1) is 14.0. The smallest absolute Gasteiger partial charge is 0.118 e. The predicted octanol–water partition coefficient (Wildman–Crippen LogP) is 1.99. The van der Waals surface area contributed by atoms with Crippen molar-refractivity contribution in [2.24, 2.45) is 5.10 Å². The first-order valence-corrected chi connectivity index (χ1v) is 6.65. The Labute approximate surface area is 105 Å². The van der Waals surface area contributed by atoms with Gasteiger partial charge in [-0.2, -0.15) is 5.10 Å². The van der Waals surface area contributed by atoms with E-state index in [4.69, 9.17) is 4.74 Å². The lowest BCUT2D eigenvalue weighted by Crippen LogP contribution is -2.25. The van der Waals surface area contributed by atoms with Crippen LogP contribution in [0.15, 0.2) is 16.9 Å². The normalized spacial score (nSPS) is 19.7. The maximum Gasteiger partial charge on any atom is 0.118 e. The Kier molecular flexibility index (Phi) is 6.70. The fraction of sp³-hybridized carbons (Fsp3) is 0.769. The highest BCUT2D eigenvalue weighted by molar-refractivity contribution is 5.95. The summed E-state index contributed by atoms with van der Waals surface area (Å²) in [4.78, 5) is 2.50. The van der Waals surface area contributed by atoms with Crippen LogP contribution in [0, 0.1) is 0 Å². The van der Waals surface area contributed by atoms with E-state index < -0.39 is 0 Å². The van der Waals surface area contributed by atoms with Gasteiger partial charge in [-0.1, -0.05) is 13.8 Å². The number of likely N-dealkylation sites (tertiary alicyclic amines) is 1. The number of hydrogen-bond acceptors (Lipinski definition) is 4. The minimum Gasteiger partial charge on any atom is -0.499 e. The van der Waals surface area contributed by atoms with Crippen molar-refractivity contribution in [3.05, 3.63) is 11.8 Å². The number of rotatable bonds is 4. The van der Waals surface area contributed by atoms with Crippen LogP contribution in [0.3, 0.4) is 0 Å². The molecule has 2 heterocycles. The van der Waals surface area contributed by atoms with Crippen molar-refractivity contribution < 1.29 is 4.74 Å². The molecule has 0 spiro atoms. The molecule has 2 rings (SSSR count). The molecule has 17 heavy (non-hydrogen) atoms. The molecular weight excluding hydrogens is 214 g/mol. The molecule has 0 aromatic carbocycles. The van der Waals surface area contributed by atoms with Crippen LogP contribution in [0.25, 0.3) is 0 Å². The molecule has 0 saturated carbocycles. The molecular formula is C13H25N3O. The fourth-order valence-corrected chi connectivity index (χ4v) is 2.03. The molecule has 0 bridgehead atoms. The zero-order valence-electron chi connectivity index (χ0n) is 11.3. The highest BCUT2D eigenvalue weighted by atomic mass is 16.5. The van der Waals surface area contributed by atoms with Gasteiger partial charge in [-0.3, -0.25) is 0 Å². The van der Waals surface area contributed by atoms with Gasteiger partial charge in [-0.05, 0) is 25.9 Å². The molecule has 2 aliphatic rings. The van der Waals surface area contributed by atoms with E-state index in [9.17, 15) is 0 Å². The van der Waals surface area contributed by atoms with E-state index >= 15 is 0 Å². The van der Waals surface area contributed by atoms with E-state index in [2.05, 4.69) is 15.4 Å². The predicted molar refractivity (Wildman–Crippen MR) is 72.2 cm³/mol. The number of ether oxygens (including phenoxy) is 1. The van der Waals surface area contributed by atoms with Gasteiger partial charge in [0.15, 0.2) is 0 Å². The molecule has 0 unspecified atom stereocenters. The lowest BCUT2D eigenvalue weighted by molar-refractivity contribution is 0.278. The summed E-state index contributed by atoms with van der Waals surface area (Å²) >= 11 is 0. The molecule has 0 aliphatic carbocycles. The van der Waals surface area contributed by atoms with Crippen LogP contribution < -0.4 is 5.43 Å². The van der Waals surface area contributed by atoms with E-state index in [1.54, 1.807) is 7.11 Å². The summed E-state index contributed by atoms with van der Waals surface area (Å²) < 4.78 is 5.20. The van der Waals surface area contributed by atoms with Gasteiger partial charge in [0.1, 0.15) is 5.76 Å². The number of nitrogens with one attached hydrogen (secondary N) is 1. The Balaban J connectivity index is 0.000000686. The standard InChI is InChI=1S/C11H19N3O.C2H6/c1-15-11-8-10(13-12-9-11)4-7-14-5-2-3-6-14;1-2/h8,12H,2-7,9H2,1H3;1-2H3. The second kappa shape index (κ2) is 8.12. The van der Waals surface area contributed by atoms with Gasteiger partial charge in [-0.15, -0.1) is 0 Å². The van der Waals surface area contributed by atoms with Crippen molar-refractivity contribution in [1.82, 2.24) is 10.3 Å². The number of methoxy groups -OCH3 is 1. The van der Waals surface area contributed by atoms with Crippen molar-refractivity contribution in [3.8, 4) is 0 Å². The SMILES string of the molecule is CC.COC1=CC(CCN2CCCC2)=NNC1. The van der Waals surface area contributed by atoms with Crippen LogP contribution in [0.2, 0.25) is 0 Å². The molecule has 0 atom stereocenters. The Hall–Kier alpha value is -1.03. The zero-order chi connectivity index (χ0) is 12.5. The highest BCUT2D eigenvalue weighted by Gasteiger charge is 2.13. The third-order valence-electron chi connectivity index (χ3n) is 2.95. The van der Waals surface area contributed by atoms with E-state index in [0.717, 1.165) is 24.4 Å². The monoisotopic (exact) mass is 239 g/mol. The summed E-state index contributed by atoms with van der Waals surface area (Å²) in [5.41, 5.74) is 4.09. The van der Waals surface area contributed by atoms with E-state index in [0.29, 0.717) is 6.54 Å². The van der Waals surface area contributed by atoms with Crippen molar-refractivity contribution in [2.45, 2.75) is 33.1 Å². The Bertz CT molecular complexity index is 268. The topological polar surface area (TPSA) is 36.9 Å². The van der Waals surface area contributed by atoms with Crippen LogP contribution in [-0.4, -0.2) is 43.9 Å². The van der Waals surface area contributed by atoms with E-state index in [1.165, 1.54) is 25.9 Å². The summed E-state index contributed by atoms with van der Waals surface area (Å²) in [5, 5.41) is 4.27. The molecule has 4 heteroatoms. The largest absolute Gasteiger partial charge is 0.499 e. The minimum atomic E-state index is 0.712. The maximum atomic E-state index is 5.20. The fourth-order valence-electron chi connectivity index (χ4n) is 2.03. The quantitative estimate of drug-likeness (QED) is 0.815. The molecule has 98 valence electrons. The molecule has 0 aromatic rings. The summed E-state index contributed by atoms with van der Waals surface area (Å²) in [6, 6.07) is 0. The third-order valence-corrected chi connectivity index (χ3v) is 2.95. The number of nitrogens with zero attached hydrogens (tertiary/aromatic N) is 2. The van der Waals surface area contributed by atoms with E-state index in [1.807, 2.05) is 19.9 Å². The first-order valence-electron chi connectivity index (χ1n) is 6.65. The second-order valence-electron chi connectivity index (χ2n) is 4.05. The van der Waals surface area contributed by atoms with Crippen molar-refractivity contribution >= 4 is 5.71 Å². The molecule has 1 saturated heterocycles. The van der Waals surface area contributed by atoms with Crippen LogP contribution in [0.5, 0.6) is 0 Å². The van der Waals surface area contributed by atoms with Gasteiger partial charge in [-0.25, -0.2) is 0 Å². The van der Waals surface area contributed by atoms with Crippen LogP contribution in [0.1, 0.15) is 33.1 Å². The highest BCUT2D eigenvalue weighted by Crippen LogP contribution is 2.09. The summed E-state index contributed by atoms with van der Waals surface area (Å²) in [6.07, 6.45) is 5.76. The lowest BCUT2D eigenvalue weighted by atomic mass is 10.2. The average molecular weight is 239 g/mol. The van der Waals surface area contributed by atoms with Crippen LogP contribution in [0.4, 0.5) is 0 Å². The molecule has 0 radical (unpaired) electrons. The van der Waals surface area contributed by atoms with E-state index in [-0.39, 0.29) is 0 Å². The lowest BCUT2D eigenvalue weighted by Gasteiger charge is -2.17. The summed E-state index contributed by atoms with van der Waals surface area (Å²) in [7, 11) is 1.71. The van der Waals surface area contributed by atoms with Crippen molar-refractivity contribution in [1.29, 1.82) is 0 Å². The molecule has 4 nitrogen and oxygen atoms in total. The average Bonchev–Trinajstić information content (AvgIpc) is 2.92. The molecule has 1 N–H and O–H groups in total. The van der Waals surface area contributed by atoms with Gasteiger partial charge in [0, 0.05) is 19.0 Å². The first-order chi connectivity index (χ1) is 8.38. The van der Waals surface area contributed by atoms with Gasteiger partial charge in [0.25, 0.3) is 0 Å². The maximum absolute atomic E-state index is 5.20. The minimum absolute atomic E-state index is 0.712.